The molecule has 6 rings (SSSR count). The standard InChI is InChI=1S/C25H16ClFN2O4/c26-16-12-14(7-8-17(16)27)29-24(31)19-20(25(29)32)22(23(30)18-6-3-11-33-18)28-10-9-13-4-1-2-5-15(13)21(19)28/h1-12,19-22H/t19-,20+,21-,22-/m0/s1. The lowest BCUT2D eigenvalue weighted by Gasteiger charge is -2.35. The Hall–Kier alpha value is -3.71. The maximum absolute atomic E-state index is 13.7. The molecule has 0 spiro atoms. The highest BCUT2D eigenvalue weighted by molar-refractivity contribution is 6.31. The van der Waals surface area contributed by atoms with Crippen LogP contribution in [-0.4, -0.2) is 28.5 Å². The first-order chi connectivity index (χ1) is 16.0. The van der Waals surface area contributed by atoms with Crippen molar-refractivity contribution >= 4 is 41.0 Å². The molecule has 164 valence electrons. The average molecular weight is 463 g/mol. The number of furan rings is 1. The van der Waals surface area contributed by atoms with Crippen molar-refractivity contribution in [1.82, 2.24) is 4.90 Å². The highest BCUT2D eigenvalue weighted by atomic mass is 35.5. The van der Waals surface area contributed by atoms with Gasteiger partial charge >= 0.3 is 0 Å². The van der Waals surface area contributed by atoms with Crippen LogP contribution in [-0.2, 0) is 9.59 Å². The van der Waals surface area contributed by atoms with Gasteiger partial charge in [0.1, 0.15) is 11.9 Å². The maximum atomic E-state index is 13.7. The van der Waals surface area contributed by atoms with Crippen molar-refractivity contribution in [3.8, 4) is 0 Å². The number of rotatable bonds is 3. The van der Waals surface area contributed by atoms with Crippen molar-refractivity contribution < 1.29 is 23.2 Å². The number of halogens is 2. The number of benzene rings is 2. The summed E-state index contributed by atoms with van der Waals surface area (Å²) in [6.07, 6.45) is 5.05. The summed E-state index contributed by atoms with van der Waals surface area (Å²) in [6.45, 7) is 0. The number of hydrogen-bond acceptors (Lipinski definition) is 5. The van der Waals surface area contributed by atoms with Gasteiger partial charge in [0.05, 0.1) is 34.9 Å². The molecule has 4 heterocycles. The van der Waals surface area contributed by atoms with Gasteiger partial charge in [0, 0.05) is 6.20 Å². The van der Waals surface area contributed by atoms with E-state index in [-0.39, 0.29) is 22.3 Å². The predicted molar refractivity (Wildman–Crippen MR) is 118 cm³/mol. The van der Waals surface area contributed by atoms with E-state index in [0.717, 1.165) is 22.1 Å². The molecule has 3 aromatic rings. The molecular formula is C25H16ClFN2O4. The second-order valence-corrected chi connectivity index (χ2v) is 8.69. The number of carbonyl (C=O) groups excluding carboxylic acids is 3. The molecule has 3 aliphatic heterocycles. The van der Waals surface area contributed by atoms with Crippen LogP contribution in [0.5, 0.6) is 0 Å². The predicted octanol–water partition coefficient (Wildman–Crippen LogP) is 4.47. The highest BCUT2D eigenvalue weighted by Crippen LogP contribution is 2.53. The molecule has 1 aromatic heterocycles. The zero-order valence-electron chi connectivity index (χ0n) is 17.0. The fourth-order valence-corrected chi connectivity index (χ4v) is 5.48. The Morgan fingerprint density at radius 3 is 2.55 bits per heavy atom. The lowest BCUT2D eigenvalue weighted by Crippen LogP contribution is -2.44. The lowest BCUT2D eigenvalue weighted by atomic mass is 9.84. The summed E-state index contributed by atoms with van der Waals surface area (Å²) in [5, 5.41) is -0.194. The normalized spacial score (nSPS) is 25.3. The molecule has 33 heavy (non-hydrogen) atoms. The zero-order valence-corrected chi connectivity index (χ0v) is 17.8. The van der Waals surface area contributed by atoms with Gasteiger partial charge in [0.25, 0.3) is 0 Å². The molecule has 0 radical (unpaired) electrons. The summed E-state index contributed by atoms with van der Waals surface area (Å²) in [6, 6.07) is 13.0. The van der Waals surface area contributed by atoms with Crippen molar-refractivity contribution in [3.05, 3.63) is 94.8 Å². The van der Waals surface area contributed by atoms with E-state index in [0.29, 0.717) is 0 Å². The monoisotopic (exact) mass is 462 g/mol. The van der Waals surface area contributed by atoms with Gasteiger partial charge in [-0.05, 0) is 47.5 Å². The molecule has 2 amide bonds. The summed E-state index contributed by atoms with van der Waals surface area (Å²) in [5.41, 5.74) is 1.97. The third kappa shape index (κ3) is 2.75. The first-order valence-electron chi connectivity index (χ1n) is 10.4. The van der Waals surface area contributed by atoms with Crippen LogP contribution in [0.1, 0.15) is 27.7 Å². The van der Waals surface area contributed by atoms with E-state index in [2.05, 4.69) is 0 Å². The van der Waals surface area contributed by atoms with Gasteiger partial charge < -0.3 is 9.32 Å². The second-order valence-electron chi connectivity index (χ2n) is 8.28. The van der Waals surface area contributed by atoms with Crippen LogP contribution in [0.2, 0.25) is 5.02 Å². The Morgan fingerprint density at radius 2 is 1.79 bits per heavy atom. The number of imide groups is 1. The Bertz CT molecular complexity index is 1350. The summed E-state index contributed by atoms with van der Waals surface area (Å²) in [7, 11) is 0. The molecule has 2 saturated heterocycles. The minimum Gasteiger partial charge on any atom is -0.461 e. The van der Waals surface area contributed by atoms with Gasteiger partial charge in [0.15, 0.2) is 5.76 Å². The van der Waals surface area contributed by atoms with Crippen molar-refractivity contribution in [1.29, 1.82) is 0 Å². The zero-order chi connectivity index (χ0) is 22.9. The van der Waals surface area contributed by atoms with Gasteiger partial charge in [-0.25, -0.2) is 9.29 Å². The summed E-state index contributed by atoms with van der Waals surface area (Å²) in [4.78, 5) is 43.7. The van der Waals surface area contributed by atoms with Gasteiger partial charge in [0.2, 0.25) is 17.6 Å². The van der Waals surface area contributed by atoms with Gasteiger partial charge in [-0.15, -0.1) is 0 Å². The van der Waals surface area contributed by atoms with E-state index in [1.807, 2.05) is 30.3 Å². The SMILES string of the molecule is O=C(c1ccco1)[C@@H]1[C@@H]2C(=O)N(c3ccc(F)c(Cl)c3)C(=O)[C@@H]2[C@@H]2c3ccccc3C=CN12. The van der Waals surface area contributed by atoms with Crippen molar-refractivity contribution in [2.45, 2.75) is 12.1 Å². The first kappa shape index (κ1) is 19.9. The third-order valence-electron chi connectivity index (χ3n) is 6.66. The molecule has 8 heteroatoms. The van der Waals surface area contributed by atoms with Crippen LogP contribution < -0.4 is 4.90 Å². The number of hydrogen-bond donors (Lipinski definition) is 0. The van der Waals surface area contributed by atoms with Crippen LogP contribution in [0, 0.1) is 17.7 Å². The van der Waals surface area contributed by atoms with Gasteiger partial charge in [-0.1, -0.05) is 35.9 Å². The summed E-state index contributed by atoms with van der Waals surface area (Å²) < 4.78 is 19.1. The fourth-order valence-electron chi connectivity index (χ4n) is 5.30. The first-order valence-corrected chi connectivity index (χ1v) is 10.8. The summed E-state index contributed by atoms with van der Waals surface area (Å²) in [5.74, 6) is -3.59. The largest absolute Gasteiger partial charge is 0.461 e. The Morgan fingerprint density at radius 1 is 1.00 bits per heavy atom. The van der Waals surface area contributed by atoms with Crippen LogP contribution in [0.25, 0.3) is 6.08 Å². The highest BCUT2D eigenvalue weighted by Gasteiger charge is 2.64. The van der Waals surface area contributed by atoms with Crippen LogP contribution in [0.15, 0.2) is 71.5 Å². The van der Waals surface area contributed by atoms with E-state index >= 15 is 0 Å². The number of Topliss-reactive ketones (excluding diaryl/α,β-unsaturated/α-hetero) is 1. The van der Waals surface area contributed by atoms with E-state index in [4.69, 9.17) is 16.0 Å². The summed E-state index contributed by atoms with van der Waals surface area (Å²) >= 11 is 5.92. The molecule has 2 fully saturated rings. The van der Waals surface area contributed by atoms with Gasteiger partial charge in [-0.2, -0.15) is 0 Å². The van der Waals surface area contributed by atoms with E-state index in [1.54, 1.807) is 23.2 Å². The molecule has 0 aliphatic carbocycles. The number of ketones is 1. The quantitative estimate of drug-likeness (QED) is 0.424. The van der Waals surface area contributed by atoms with Crippen LogP contribution in [0.3, 0.4) is 0 Å². The van der Waals surface area contributed by atoms with E-state index in [9.17, 15) is 18.8 Å². The maximum Gasteiger partial charge on any atom is 0.240 e. The van der Waals surface area contributed by atoms with E-state index in [1.165, 1.54) is 18.4 Å². The van der Waals surface area contributed by atoms with Crippen LogP contribution in [0.4, 0.5) is 10.1 Å². The van der Waals surface area contributed by atoms with E-state index < -0.39 is 41.6 Å². The molecule has 4 atom stereocenters. The molecule has 2 aromatic carbocycles. The third-order valence-corrected chi connectivity index (χ3v) is 6.95. The topological polar surface area (TPSA) is 70.8 Å². The van der Waals surface area contributed by atoms with Crippen molar-refractivity contribution in [3.63, 3.8) is 0 Å². The Labute approximate surface area is 192 Å². The number of fused-ring (bicyclic) bond motifs is 5. The fraction of sp³-hybridized carbons (Fsp3) is 0.160. The molecule has 0 unspecified atom stereocenters. The minimum atomic E-state index is -0.931. The molecule has 0 saturated carbocycles. The Kier molecular flexibility index (Phi) is 4.32. The second kappa shape index (κ2) is 7.15. The molecule has 6 nitrogen and oxygen atoms in total. The molecule has 0 N–H and O–H groups in total. The Balaban J connectivity index is 1.51. The lowest BCUT2D eigenvalue weighted by molar-refractivity contribution is -0.123. The molecule has 0 bridgehead atoms. The minimum absolute atomic E-state index is 0.121. The number of anilines is 1. The van der Waals surface area contributed by atoms with Crippen molar-refractivity contribution in [2.75, 3.05) is 4.90 Å². The molecular weight excluding hydrogens is 447 g/mol. The number of amides is 2. The van der Waals surface area contributed by atoms with Gasteiger partial charge in [-0.3, -0.25) is 14.4 Å². The smallest absolute Gasteiger partial charge is 0.240 e. The number of carbonyl (C=O) groups is 3. The number of nitrogens with zero attached hydrogens (tertiary/aromatic N) is 2. The van der Waals surface area contributed by atoms with Crippen LogP contribution >= 0.6 is 11.6 Å². The average Bonchev–Trinajstić information content (AvgIpc) is 3.52. The molecule has 3 aliphatic rings. The van der Waals surface area contributed by atoms with Crippen molar-refractivity contribution in [2.24, 2.45) is 11.8 Å².